The summed E-state index contributed by atoms with van der Waals surface area (Å²) >= 11 is 5.61. The molecule has 0 spiro atoms. The molecule has 2 rings (SSSR count). The number of alkyl halides is 2. The van der Waals surface area contributed by atoms with Crippen molar-refractivity contribution in [3.63, 3.8) is 0 Å². The van der Waals surface area contributed by atoms with E-state index >= 15 is 0 Å². The highest BCUT2D eigenvalue weighted by Gasteiger charge is 2.15. The number of fused-ring (bicyclic) bond motifs is 1. The van der Waals surface area contributed by atoms with Crippen molar-refractivity contribution in [3.8, 4) is 0 Å². The maximum Gasteiger partial charge on any atom is 0.335 e. The number of rotatable bonds is 2. The SMILES string of the molecule is O=C(O)c1ccc2nc(Cl)cc(C(F)F)c2c1. The lowest BCUT2D eigenvalue weighted by atomic mass is 10.1. The zero-order valence-corrected chi connectivity index (χ0v) is 9.08. The van der Waals surface area contributed by atoms with E-state index in [-0.39, 0.29) is 27.2 Å². The standard InChI is InChI=1S/C11H6ClF2NO2/c12-9-4-7(10(13)14)6-3-5(11(16)17)1-2-8(6)15-9/h1-4,10H,(H,16,17). The molecule has 2 aromatic rings. The Hall–Kier alpha value is -1.75. The molecule has 17 heavy (non-hydrogen) atoms. The Morgan fingerprint density at radius 1 is 1.35 bits per heavy atom. The van der Waals surface area contributed by atoms with Crippen LogP contribution in [0.4, 0.5) is 8.78 Å². The summed E-state index contributed by atoms with van der Waals surface area (Å²) in [5, 5.41) is 8.85. The first-order valence-corrected chi connectivity index (χ1v) is 4.98. The summed E-state index contributed by atoms with van der Waals surface area (Å²) in [4.78, 5) is 14.6. The van der Waals surface area contributed by atoms with Crippen LogP contribution in [-0.4, -0.2) is 16.1 Å². The minimum Gasteiger partial charge on any atom is -0.478 e. The van der Waals surface area contributed by atoms with Gasteiger partial charge in [-0.1, -0.05) is 11.6 Å². The van der Waals surface area contributed by atoms with E-state index in [4.69, 9.17) is 16.7 Å². The van der Waals surface area contributed by atoms with Crippen LogP contribution in [0.15, 0.2) is 24.3 Å². The molecule has 3 nitrogen and oxygen atoms in total. The van der Waals surface area contributed by atoms with Gasteiger partial charge in [-0.2, -0.15) is 0 Å². The molecule has 0 saturated heterocycles. The fourth-order valence-corrected chi connectivity index (χ4v) is 1.74. The number of aromatic carboxylic acids is 1. The molecule has 1 aromatic heterocycles. The van der Waals surface area contributed by atoms with Crippen molar-refractivity contribution in [1.29, 1.82) is 0 Å². The second-order valence-electron chi connectivity index (χ2n) is 3.37. The van der Waals surface area contributed by atoms with Crippen molar-refractivity contribution >= 4 is 28.5 Å². The summed E-state index contributed by atoms with van der Waals surface area (Å²) in [5.74, 6) is -1.18. The topological polar surface area (TPSA) is 50.2 Å². The predicted octanol–water partition coefficient (Wildman–Crippen LogP) is 3.52. The molecule has 0 unspecified atom stereocenters. The number of benzene rings is 1. The van der Waals surface area contributed by atoms with Crippen LogP contribution in [0.1, 0.15) is 22.3 Å². The highest BCUT2D eigenvalue weighted by molar-refractivity contribution is 6.30. The molecule has 0 radical (unpaired) electrons. The Balaban J connectivity index is 2.78. The Morgan fingerprint density at radius 3 is 2.65 bits per heavy atom. The quantitative estimate of drug-likeness (QED) is 0.838. The molecule has 0 atom stereocenters. The molecule has 0 aliphatic rings. The van der Waals surface area contributed by atoms with Gasteiger partial charge in [-0.25, -0.2) is 18.6 Å². The molecule has 0 amide bonds. The van der Waals surface area contributed by atoms with Crippen molar-refractivity contribution in [2.24, 2.45) is 0 Å². The average molecular weight is 258 g/mol. The highest BCUT2D eigenvalue weighted by atomic mass is 35.5. The van der Waals surface area contributed by atoms with Gasteiger partial charge in [-0.15, -0.1) is 0 Å². The van der Waals surface area contributed by atoms with Crippen molar-refractivity contribution in [1.82, 2.24) is 4.98 Å². The van der Waals surface area contributed by atoms with Crippen LogP contribution in [0.2, 0.25) is 5.15 Å². The molecular weight excluding hydrogens is 252 g/mol. The number of carboxylic acid groups (broad SMARTS) is 1. The predicted molar refractivity (Wildman–Crippen MR) is 58.7 cm³/mol. The van der Waals surface area contributed by atoms with Crippen LogP contribution in [0, 0.1) is 0 Å². The number of hydrogen-bond donors (Lipinski definition) is 1. The van der Waals surface area contributed by atoms with Crippen LogP contribution >= 0.6 is 11.6 Å². The van der Waals surface area contributed by atoms with Gasteiger partial charge in [0.1, 0.15) is 5.15 Å². The van der Waals surface area contributed by atoms with E-state index in [1.54, 1.807) is 0 Å². The summed E-state index contributed by atoms with van der Waals surface area (Å²) < 4.78 is 25.6. The molecule has 1 N–H and O–H groups in total. The van der Waals surface area contributed by atoms with E-state index < -0.39 is 12.4 Å². The summed E-state index contributed by atoms with van der Waals surface area (Å²) in [5.41, 5.74) is -0.135. The van der Waals surface area contributed by atoms with E-state index in [2.05, 4.69) is 4.98 Å². The first kappa shape index (κ1) is 11.7. The molecule has 0 bridgehead atoms. The molecule has 0 aliphatic heterocycles. The maximum atomic E-state index is 12.8. The summed E-state index contributed by atoms with van der Waals surface area (Å²) in [6.07, 6.45) is -2.73. The third kappa shape index (κ3) is 2.19. The summed E-state index contributed by atoms with van der Waals surface area (Å²) in [6.45, 7) is 0. The number of halogens is 3. The number of hydrogen-bond acceptors (Lipinski definition) is 2. The number of aromatic nitrogens is 1. The number of carbonyl (C=O) groups is 1. The van der Waals surface area contributed by atoms with Crippen LogP contribution in [0.25, 0.3) is 10.9 Å². The fourth-order valence-electron chi connectivity index (χ4n) is 1.53. The van der Waals surface area contributed by atoms with Gasteiger partial charge in [0.05, 0.1) is 11.1 Å². The molecular formula is C11H6ClF2NO2. The number of pyridine rings is 1. The van der Waals surface area contributed by atoms with Gasteiger partial charge in [0, 0.05) is 10.9 Å². The Labute approximate surface area is 99.7 Å². The summed E-state index contributed by atoms with van der Waals surface area (Å²) in [6, 6.07) is 4.86. The van der Waals surface area contributed by atoms with Gasteiger partial charge in [0.15, 0.2) is 0 Å². The lowest BCUT2D eigenvalue weighted by Crippen LogP contribution is -1.98. The minimum absolute atomic E-state index is 0.0455. The van der Waals surface area contributed by atoms with Crippen LogP contribution < -0.4 is 0 Å². The van der Waals surface area contributed by atoms with Crippen molar-refractivity contribution in [2.45, 2.75) is 6.43 Å². The first-order chi connectivity index (χ1) is 7.99. The zero-order valence-electron chi connectivity index (χ0n) is 8.32. The van der Waals surface area contributed by atoms with Crippen molar-refractivity contribution in [3.05, 3.63) is 40.5 Å². The minimum atomic E-state index is -2.73. The molecule has 0 fully saturated rings. The van der Waals surface area contributed by atoms with Crippen LogP contribution in [0.5, 0.6) is 0 Å². The first-order valence-electron chi connectivity index (χ1n) is 4.60. The average Bonchev–Trinajstić information content (AvgIpc) is 2.26. The van der Waals surface area contributed by atoms with Crippen molar-refractivity contribution < 1.29 is 18.7 Å². The second-order valence-corrected chi connectivity index (χ2v) is 3.76. The maximum absolute atomic E-state index is 12.8. The van der Waals surface area contributed by atoms with Crippen LogP contribution in [0.3, 0.4) is 0 Å². The lowest BCUT2D eigenvalue weighted by molar-refractivity contribution is 0.0697. The third-order valence-electron chi connectivity index (χ3n) is 2.29. The van der Waals surface area contributed by atoms with Gasteiger partial charge < -0.3 is 5.11 Å². The van der Waals surface area contributed by atoms with E-state index in [1.807, 2.05) is 0 Å². The fraction of sp³-hybridized carbons (Fsp3) is 0.0909. The van der Waals surface area contributed by atoms with Crippen molar-refractivity contribution in [2.75, 3.05) is 0 Å². The van der Waals surface area contributed by atoms with E-state index in [1.165, 1.54) is 18.2 Å². The molecule has 0 saturated carbocycles. The molecule has 6 heteroatoms. The van der Waals surface area contributed by atoms with Gasteiger partial charge in [-0.3, -0.25) is 0 Å². The number of carboxylic acids is 1. The monoisotopic (exact) mass is 257 g/mol. The Kier molecular flexibility index (Phi) is 2.93. The second kappa shape index (κ2) is 4.25. The molecule has 0 aliphatic carbocycles. The van der Waals surface area contributed by atoms with Crippen LogP contribution in [-0.2, 0) is 0 Å². The largest absolute Gasteiger partial charge is 0.478 e. The molecule has 1 aromatic carbocycles. The molecule has 88 valence electrons. The Morgan fingerprint density at radius 2 is 2.06 bits per heavy atom. The Bertz CT molecular complexity index is 601. The van der Waals surface area contributed by atoms with E-state index in [0.717, 1.165) is 6.07 Å². The van der Waals surface area contributed by atoms with Gasteiger partial charge >= 0.3 is 5.97 Å². The summed E-state index contributed by atoms with van der Waals surface area (Å²) in [7, 11) is 0. The normalized spacial score (nSPS) is 11.1. The van der Waals surface area contributed by atoms with E-state index in [9.17, 15) is 13.6 Å². The highest BCUT2D eigenvalue weighted by Crippen LogP contribution is 2.29. The zero-order chi connectivity index (χ0) is 12.6. The number of nitrogens with zero attached hydrogens (tertiary/aromatic N) is 1. The van der Waals surface area contributed by atoms with Gasteiger partial charge in [0.25, 0.3) is 6.43 Å². The smallest absolute Gasteiger partial charge is 0.335 e. The van der Waals surface area contributed by atoms with E-state index in [0.29, 0.717) is 0 Å². The van der Waals surface area contributed by atoms with Gasteiger partial charge in [0.2, 0.25) is 0 Å². The lowest BCUT2D eigenvalue weighted by Gasteiger charge is -2.06. The van der Waals surface area contributed by atoms with Gasteiger partial charge in [-0.05, 0) is 24.3 Å². The third-order valence-corrected chi connectivity index (χ3v) is 2.49. The molecule has 1 heterocycles.